The van der Waals surface area contributed by atoms with Crippen molar-refractivity contribution in [2.24, 2.45) is 0 Å². The molecule has 0 saturated carbocycles. The number of halogens is 1. The number of likely N-dealkylation sites (tertiary alicyclic amines) is 1. The quantitative estimate of drug-likeness (QED) is 0.898. The molecule has 1 aromatic carbocycles. The van der Waals surface area contributed by atoms with Crippen LogP contribution in [0, 0.1) is 0 Å². The SMILES string of the molecule is CCN1CCCC(O)(c2ccc(OC)c(Br)c2OC)CC1. The van der Waals surface area contributed by atoms with Crippen molar-refractivity contribution >= 4 is 15.9 Å². The lowest BCUT2D eigenvalue weighted by atomic mass is 9.86. The van der Waals surface area contributed by atoms with Crippen LogP contribution in [0.5, 0.6) is 11.5 Å². The lowest BCUT2D eigenvalue weighted by Gasteiger charge is -2.29. The first-order chi connectivity index (χ1) is 10.1. The summed E-state index contributed by atoms with van der Waals surface area (Å²) in [6, 6.07) is 3.80. The summed E-state index contributed by atoms with van der Waals surface area (Å²) in [6.45, 7) is 5.13. The van der Waals surface area contributed by atoms with Crippen molar-refractivity contribution in [3.8, 4) is 11.5 Å². The first kappa shape index (κ1) is 16.6. The molecule has 0 radical (unpaired) electrons. The Bertz CT molecular complexity index is 495. The number of methoxy groups -OCH3 is 2. The molecule has 0 aliphatic carbocycles. The van der Waals surface area contributed by atoms with Crippen LogP contribution in [0.25, 0.3) is 0 Å². The van der Waals surface area contributed by atoms with Crippen LogP contribution in [0.1, 0.15) is 31.7 Å². The maximum atomic E-state index is 11.2. The second-order valence-corrected chi connectivity index (χ2v) is 6.28. The molecule has 1 unspecified atom stereocenters. The number of benzene rings is 1. The van der Waals surface area contributed by atoms with Gasteiger partial charge in [-0.25, -0.2) is 0 Å². The lowest BCUT2D eigenvalue weighted by molar-refractivity contribution is 0.0190. The number of ether oxygens (including phenoxy) is 2. The van der Waals surface area contributed by atoms with Gasteiger partial charge in [-0.3, -0.25) is 0 Å². The maximum Gasteiger partial charge on any atom is 0.142 e. The zero-order chi connectivity index (χ0) is 15.5. The van der Waals surface area contributed by atoms with Crippen LogP contribution in [0.15, 0.2) is 16.6 Å². The van der Waals surface area contributed by atoms with Gasteiger partial charge in [0.2, 0.25) is 0 Å². The Kier molecular flexibility index (Phi) is 5.52. The van der Waals surface area contributed by atoms with Crippen LogP contribution >= 0.6 is 15.9 Å². The molecule has 1 aromatic rings. The second kappa shape index (κ2) is 6.99. The molecule has 0 bridgehead atoms. The lowest BCUT2D eigenvalue weighted by Crippen LogP contribution is -2.29. The summed E-state index contributed by atoms with van der Waals surface area (Å²) in [5.74, 6) is 1.38. The monoisotopic (exact) mass is 357 g/mol. The van der Waals surface area contributed by atoms with E-state index >= 15 is 0 Å². The van der Waals surface area contributed by atoms with E-state index in [-0.39, 0.29) is 0 Å². The molecule has 1 aliphatic heterocycles. The predicted molar refractivity (Wildman–Crippen MR) is 87.1 cm³/mol. The third-order valence-electron chi connectivity index (χ3n) is 4.34. The van der Waals surface area contributed by atoms with Gasteiger partial charge in [0.25, 0.3) is 0 Å². The van der Waals surface area contributed by atoms with E-state index in [4.69, 9.17) is 9.47 Å². The third-order valence-corrected chi connectivity index (χ3v) is 5.09. The van der Waals surface area contributed by atoms with E-state index in [1.165, 1.54) is 0 Å². The van der Waals surface area contributed by atoms with Crippen molar-refractivity contribution in [2.75, 3.05) is 33.9 Å². The first-order valence-corrected chi connectivity index (χ1v) is 8.20. The van der Waals surface area contributed by atoms with E-state index in [0.717, 1.165) is 48.9 Å². The predicted octanol–water partition coefficient (Wildman–Crippen LogP) is 3.16. The van der Waals surface area contributed by atoms with Gasteiger partial charge in [0.05, 0.1) is 19.8 Å². The van der Waals surface area contributed by atoms with Crippen molar-refractivity contribution in [1.82, 2.24) is 4.90 Å². The Hall–Kier alpha value is -0.780. The van der Waals surface area contributed by atoms with Gasteiger partial charge in [-0.05, 0) is 60.4 Å². The van der Waals surface area contributed by atoms with E-state index in [9.17, 15) is 5.11 Å². The van der Waals surface area contributed by atoms with Gasteiger partial charge in [0, 0.05) is 12.1 Å². The molecule has 118 valence electrons. The van der Waals surface area contributed by atoms with E-state index in [0.29, 0.717) is 11.5 Å². The summed E-state index contributed by atoms with van der Waals surface area (Å²) < 4.78 is 11.6. The summed E-state index contributed by atoms with van der Waals surface area (Å²) in [6.07, 6.45) is 2.45. The van der Waals surface area contributed by atoms with Crippen LogP contribution < -0.4 is 9.47 Å². The molecule has 21 heavy (non-hydrogen) atoms. The van der Waals surface area contributed by atoms with Crippen LogP contribution in [-0.2, 0) is 5.60 Å². The molecule has 0 spiro atoms. The molecule has 0 amide bonds. The van der Waals surface area contributed by atoms with Gasteiger partial charge in [0.1, 0.15) is 16.0 Å². The highest BCUT2D eigenvalue weighted by atomic mass is 79.9. The standard InChI is InChI=1S/C16H24BrNO3/c1-4-18-10-5-8-16(19,9-11-18)12-6-7-13(20-2)14(17)15(12)21-3/h6-7,19H,4-5,8-11H2,1-3H3. The second-order valence-electron chi connectivity index (χ2n) is 5.48. The Morgan fingerprint density at radius 2 is 2.00 bits per heavy atom. The molecule has 1 N–H and O–H groups in total. The molecular weight excluding hydrogens is 334 g/mol. The summed E-state index contributed by atoms with van der Waals surface area (Å²) in [5.41, 5.74) is -0.0000255. The van der Waals surface area contributed by atoms with Crippen LogP contribution in [0.4, 0.5) is 0 Å². The number of hydrogen-bond donors (Lipinski definition) is 1. The van der Waals surface area contributed by atoms with E-state index < -0.39 is 5.60 Å². The summed E-state index contributed by atoms with van der Waals surface area (Å²) in [7, 11) is 3.25. The maximum absolute atomic E-state index is 11.2. The highest BCUT2D eigenvalue weighted by molar-refractivity contribution is 9.10. The van der Waals surface area contributed by atoms with Gasteiger partial charge in [-0.1, -0.05) is 6.92 Å². The number of nitrogens with zero attached hydrogens (tertiary/aromatic N) is 1. The summed E-state index contributed by atoms with van der Waals surface area (Å²) >= 11 is 3.52. The molecule has 2 rings (SSSR count). The molecule has 1 atom stereocenters. The van der Waals surface area contributed by atoms with Gasteiger partial charge in [-0.15, -0.1) is 0 Å². The normalized spacial score (nSPS) is 23.7. The summed E-state index contributed by atoms with van der Waals surface area (Å²) in [5, 5.41) is 11.2. The van der Waals surface area contributed by atoms with Gasteiger partial charge in [-0.2, -0.15) is 0 Å². The zero-order valence-corrected chi connectivity index (χ0v) is 14.6. The van der Waals surface area contributed by atoms with E-state index in [2.05, 4.69) is 27.8 Å². The number of aliphatic hydroxyl groups is 1. The molecule has 1 aliphatic rings. The largest absolute Gasteiger partial charge is 0.495 e. The Morgan fingerprint density at radius 3 is 2.62 bits per heavy atom. The molecule has 4 nitrogen and oxygen atoms in total. The smallest absolute Gasteiger partial charge is 0.142 e. The molecule has 0 aromatic heterocycles. The van der Waals surface area contributed by atoms with Crippen LogP contribution in [-0.4, -0.2) is 43.9 Å². The Morgan fingerprint density at radius 1 is 1.24 bits per heavy atom. The van der Waals surface area contributed by atoms with Gasteiger partial charge >= 0.3 is 0 Å². The van der Waals surface area contributed by atoms with Crippen LogP contribution in [0.3, 0.4) is 0 Å². The number of hydrogen-bond acceptors (Lipinski definition) is 4. The highest BCUT2D eigenvalue weighted by Gasteiger charge is 2.35. The van der Waals surface area contributed by atoms with E-state index in [1.54, 1.807) is 14.2 Å². The molecule has 1 saturated heterocycles. The third kappa shape index (κ3) is 3.35. The fourth-order valence-electron chi connectivity index (χ4n) is 3.02. The fourth-order valence-corrected chi connectivity index (χ4v) is 3.69. The van der Waals surface area contributed by atoms with E-state index in [1.807, 2.05) is 12.1 Å². The van der Waals surface area contributed by atoms with Crippen LogP contribution in [0.2, 0.25) is 0 Å². The fraction of sp³-hybridized carbons (Fsp3) is 0.625. The Labute approximate surface area is 135 Å². The highest BCUT2D eigenvalue weighted by Crippen LogP contribution is 2.44. The van der Waals surface area contributed by atoms with Crippen molar-refractivity contribution in [2.45, 2.75) is 31.8 Å². The average Bonchev–Trinajstić information content (AvgIpc) is 2.69. The molecule has 1 heterocycles. The van der Waals surface area contributed by atoms with Crippen molar-refractivity contribution in [3.05, 3.63) is 22.2 Å². The Balaban J connectivity index is 2.38. The van der Waals surface area contributed by atoms with Crippen molar-refractivity contribution in [3.63, 3.8) is 0 Å². The van der Waals surface area contributed by atoms with Gasteiger partial charge in [0.15, 0.2) is 0 Å². The minimum Gasteiger partial charge on any atom is -0.495 e. The first-order valence-electron chi connectivity index (χ1n) is 7.41. The number of rotatable bonds is 4. The molecule has 1 fully saturated rings. The molecule has 5 heteroatoms. The zero-order valence-electron chi connectivity index (χ0n) is 13.0. The molecular formula is C16H24BrNO3. The van der Waals surface area contributed by atoms with Crippen molar-refractivity contribution < 1.29 is 14.6 Å². The summed E-state index contributed by atoms with van der Waals surface area (Å²) in [4.78, 5) is 2.38. The van der Waals surface area contributed by atoms with Gasteiger partial charge < -0.3 is 19.5 Å². The topological polar surface area (TPSA) is 41.9 Å². The van der Waals surface area contributed by atoms with Crippen molar-refractivity contribution in [1.29, 1.82) is 0 Å². The minimum absolute atomic E-state index is 0.668. The average molecular weight is 358 g/mol. The minimum atomic E-state index is -0.843.